The second-order valence-electron chi connectivity index (χ2n) is 6.48. The third kappa shape index (κ3) is 6.65. The summed E-state index contributed by atoms with van der Waals surface area (Å²) in [5.41, 5.74) is 4.35. The van der Waals surface area contributed by atoms with Crippen LogP contribution in [0.1, 0.15) is 30.3 Å². The van der Waals surface area contributed by atoms with Crippen LogP contribution in [-0.2, 0) is 16.0 Å². The molecule has 1 heterocycles. The molecular formula is C21H33N5O2. The third-order valence-corrected chi connectivity index (χ3v) is 4.37. The number of aromatic nitrogens is 2. The molecule has 2 aromatic rings. The van der Waals surface area contributed by atoms with Gasteiger partial charge in [0.05, 0.1) is 31.1 Å². The summed E-state index contributed by atoms with van der Waals surface area (Å²) >= 11 is 0. The van der Waals surface area contributed by atoms with Crippen LogP contribution < -0.4 is 10.6 Å². The standard InChI is InChI=1S/C21H33N5O2/c1-5-22-21(23-12-9-13-28-15-14-27-4)24-16-20-17(2)25-26(18(20)3)19-10-7-6-8-11-19/h6-8,10-11H,5,9,12-16H2,1-4H3,(H2,22,23,24). The number of aryl methyl sites for hydroxylation is 1. The molecule has 0 radical (unpaired) electrons. The second kappa shape index (κ2) is 12.2. The normalized spacial score (nSPS) is 11.6. The molecule has 0 unspecified atom stereocenters. The first-order valence-corrected chi connectivity index (χ1v) is 9.86. The number of hydrogen-bond acceptors (Lipinski definition) is 4. The molecule has 2 N–H and O–H groups in total. The van der Waals surface area contributed by atoms with Crippen molar-refractivity contribution in [1.82, 2.24) is 20.4 Å². The van der Waals surface area contributed by atoms with Gasteiger partial charge in [-0.1, -0.05) is 18.2 Å². The van der Waals surface area contributed by atoms with Crippen molar-refractivity contribution < 1.29 is 9.47 Å². The van der Waals surface area contributed by atoms with Crippen LogP contribution >= 0.6 is 0 Å². The first-order valence-electron chi connectivity index (χ1n) is 9.86. The van der Waals surface area contributed by atoms with Crippen molar-refractivity contribution >= 4 is 5.96 Å². The summed E-state index contributed by atoms with van der Waals surface area (Å²) in [5.74, 6) is 0.811. The quantitative estimate of drug-likeness (QED) is 0.352. The molecule has 0 aliphatic rings. The van der Waals surface area contributed by atoms with E-state index in [1.807, 2.05) is 29.8 Å². The van der Waals surface area contributed by atoms with Gasteiger partial charge in [0.25, 0.3) is 0 Å². The molecule has 1 aromatic carbocycles. The Morgan fingerprint density at radius 1 is 1.11 bits per heavy atom. The lowest BCUT2D eigenvalue weighted by Gasteiger charge is -2.11. The Bertz CT molecular complexity index is 728. The Kier molecular flexibility index (Phi) is 9.51. The maximum atomic E-state index is 5.49. The van der Waals surface area contributed by atoms with E-state index in [9.17, 15) is 0 Å². The number of nitrogens with zero attached hydrogens (tertiary/aromatic N) is 3. The number of methoxy groups -OCH3 is 1. The summed E-state index contributed by atoms with van der Waals surface area (Å²) < 4.78 is 12.4. The van der Waals surface area contributed by atoms with Crippen molar-refractivity contribution in [3.05, 3.63) is 47.3 Å². The summed E-state index contributed by atoms with van der Waals surface area (Å²) in [6.07, 6.45) is 0.915. The molecule has 7 heteroatoms. The van der Waals surface area contributed by atoms with Gasteiger partial charge in [-0.3, -0.25) is 0 Å². The number of para-hydroxylation sites is 1. The predicted octanol–water partition coefficient (Wildman–Crippen LogP) is 2.60. The van der Waals surface area contributed by atoms with Crippen LogP contribution in [0.5, 0.6) is 0 Å². The molecule has 0 aliphatic carbocycles. The number of aliphatic imine (C=N–C) groups is 1. The Morgan fingerprint density at radius 3 is 2.61 bits per heavy atom. The number of benzene rings is 1. The van der Waals surface area contributed by atoms with E-state index in [0.717, 1.165) is 48.1 Å². The van der Waals surface area contributed by atoms with Gasteiger partial charge < -0.3 is 20.1 Å². The lowest BCUT2D eigenvalue weighted by atomic mass is 10.2. The largest absolute Gasteiger partial charge is 0.382 e. The van der Waals surface area contributed by atoms with Crippen LogP contribution in [-0.4, -0.2) is 55.8 Å². The van der Waals surface area contributed by atoms with Crippen molar-refractivity contribution in [1.29, 1.82) is 0 Å². The van der Waals surface area contributed by atoms with Gasteiger partial charge in [-0.2, -0.15) is 5.10 Å². The molecule has 0 spiro atoms. The highest BCUT2D eigenvalue weighted by Gasteiger charge is 2.12. The van der Waals surface area contributed by atoms with Gasteiger partial charge in [-0.05, 0) is 39.3 Å². The zero-order chi connectivity index (χ0) is 20.2. The van der Waals surface area contributed by atoms with Gasteiger partial charge >= 0.3 is 0 Å². The van der Waals surface area contributed by atoms with E-state index in [2.05, 4.69) is 36.6 Å². The summed E-state index contributed by atoms with van der Waals surface area (Å²) in [6.45, 7) is 10.4. The molecule has 0 bridgehead atoms. The van der Waals surface area contributed by atoms with E-state index in [1.54, 1.807) is 7.11 Å². The average molecular weight is 388 g/mol. The van der Waals surface area contributed by atoms with Gasteiger partial charge in [0.1, 0.15) is 0 Å². The van der Waals surface area contributed by atoms with E-state index in [4.69, 9.17) is 19.6 Å². The molecule has 1 aromatic heterocycles. The molecule has 0 saturated carbocycles. The van der Waals surface area contributed by atoms with Crippen molar-refractivity contribution in [2.24, 2.45) is 4.99 Å². The van der Waals surface area contributed by atoms with Crippen LogP contribution in [0.15, 0.2) is 35.3 Å². The second-order valence-corrected chi connectivity index (χ2v) is 6.48. The highest BCUT2D eigenvalue weighted by molar-refractivity contribution is 5.79. The molecule has 0 saturated heterocycles. The summed E-state index contributed by atoms with van der Waals surface area (Å²) in [7, 11) is 1.68. The maximum Gasteiger partial charge on any atom is 0.191 e. The monoisotopic (exact) mass is 387 g/mol. The van der Waals surface area contributed by atoms with E-state index in [-0.39, 0.29) is 0 Å². The van der Waals surface area contributed by atoms with E-state index < -0.39 is 0 Å². The lowest BCUT2D eigenvalue weighted by molar-refractivity contribution is 0.0698. The topological polar surface area (TPSA) is 72.7 Å². The number of ether oxygens (including phenoxy) is 2. The number of nitrogens with one attached hydrogen (secondary N) is 2. The first kappa shape index (κ1) is 21.9. The fraction of sp³-hybridized carbons (Fsp3) is 0.524. The zero-order valence-corrected chi connectivity index (χ0v) is 17.5. The SMILES string of the molecule is CCNC(=NCc1c(C)nn(-c2ccccc2)c1C)NCCCOCCOC. The molecule has 0 fully saturated rings. The van der Waals surface area contributed by atoms with Crippen molar-refractivity contribution in [3.63, 3.8) is 0 Å². The zero-order valence-electron chi connectivity index (χ0n) is 17.5. The summed E-state index contributed by atoms with van der Waals surface area (Å²) in [4.78, 5) is 4.74. The van der Waals surface area contributed by atoms with Gasteiger partial charge in [0.2, 0.25) is 0 Å². The van der Waals surface area contributed by atoms with Crippen LogP contribution in [0.3, 0.4) is 0 Å². The Labute approximate surface area is 168 Å². The lowest BCUT2D eigenvalue weighted by Crippen LogP contribution is -2.38. The fourth-order valence-electron chi connectivity index (χ4n) is 2.85. The minimum absolute atomic E-state index is 0.587. The van der Waals surface area contributed by atoms with Crippen LogP contribution in [0, 0.1) is 13.8 Å². The third-order valence-electron chi connectivity index (χ3n) is 4.37. The molecule has 0 aliphatic heterocycles. The van der Waals surface area contributed by atoms with E-state index in [1.165, 1.54) is 0 Å². The number of hydrogen-bond donors (Lipinski definition) is 2. The van der Waals surface area contributed by atoms with Gasteiger partial charge in [-0.15, -0.1) is 0 Å². The van der Waals surface area contributed by atoms with Crippen LogP contribution in [0.25, 0.3) is 5.69 Å². The van der Waals surface area contributed by atoms with E-state index in [0.29, 0.717) is 26.4 Å². The molecule has 28 heavy (non-hydrogen) atoms. The highest BCUT2D eigenvalue weighted by Crippen LogP contribution is 2.18. The Balaban J connectivity index is 1.94. The highest BCUT2D eigenvalue weighted by atomic mass is 16.5. The Hall–Kier alpha value is -2.38. The average Bonchev–Trinajstić information content (AvgIpc) is 2.99. The van der Waals surface area contributed by atoms with Crippen molar-refractivity contribution in [2.75, 3.05) is 40.0 Å². The first-order chi connectivity index (χ1) is 13.7. The molecule has 0 atom stereocenters. The van der Waals surface area contributed by atoms with Gasteiger partial charge in [0.15, 0.2) is 5.96 Å². The van der Waals surface area contributed by atoms with Gasteiger partial charge in [-0.25, -0.2) is 9.67 Å². The fourth-order valence-corrected chi connectivity index (χ4v) is 2.85. The van der Waals surface area contributed by atoms with Crippen LogP contribution in [0.4, 0.5) is 0 Å². The molecular weight excluding hydrogens is 354 g/mol. The van der Waals surface area contributed by atoms with Crippen molar-refractivity contribution in [2.45, 2.75) is 33.7 Å². The predicted molar refractivity (Wildman–Crippen MR) is 113 cm³/mol. The smallest absolute Gasteiger partial charge is 0.191 e. The van der Waals surface area contributed by atoms with Crippen LogP contribution in [0.2, 0.25) is 0 Å². The minimum Gasteiger partial charge on any atom is -0.382 e. The Morgan fingerprint density at radius 2 is 1.89 bits per heavy atom. The van der Waals surface area contributed by atoms with Crippen molar-refractivity contribution in [3.8, 4) is 5.69 Å². The number of guanidine groups is 1. The maximum absolute atomic E-state index is 5.49. The molecule has 2 rings (SSSR count). The summed E-state index contributed by atoms with van der Waals surface area (Å²) in [5, 5.41) is 11.3. The molecule has 0 amide bonds. The summed E-state index contributed by atoms with van der Waals surface area (Å²) in [6, 6.07) is 10.2. The molecule has 7 nitrogen and oxygen atoms in total. The van der Waals surface area contributed by atoms with E-state index >= 15 is 0 Å². The minimum atomic E-state index is 0.587. The number of rotatable bonds is 11. The van der Waals surface area contributed by atoms with Gasteiger partial charge in [0, 0.05) is 38.1 Å². The molecule has 154 valence electrons.